The molecular weight excluding hydrogens is 729 g/mol. The molecule has 28 heteroatoms. The highest BCUT2D eigenvalue weighted by atomic mass is 19.4. The number of hydrogen-bond acceptors (Lipinski definition) is 17. The van der Waals surface area contributed by atoms with Crippen LogP contribution in [0, 0.1) is 0 Å². The summed E-state index contributed by atoms with van der Waals surface area (Å²) in [4.78, 5) is 107. The van der Waals surface area contributed by atoms with Crippen molar-refractivity contribution >= 4 is 47.6 Å². The minimum atomic E-state index is -5.97. The number of aromatic nitrogens is 1. The Kier molecular flexibility index (Phi) is 12.5. The number of carbonyl (C=O) groups is 8. The second-order valence-corrected chi connectivity index (χ2v) is 9.21. The summed E-state index contributed by atoms with van der Waals surface area (Å²) in [5, 5.41) is 1.42. The molecule has 0 bridgehead atoms. The molecule has 0 saturated heterocycles. The molecule has 0 aliphatic carbocycles. The lowest BCUT2D eigenvalue weighted by Gasteiger charge is -2.35. The van der Waals surface area contributed by atoms with E-state index in [2.05, 4.69) is 33.7 Å². The summed E-state index contributed by atoms with van der Waals surface area (Å²) < 4.78 is 131. The Labute approximate surface area is 268 Å². The van der Waals surface area contributed by atoms with E-state index in [4.69, 9.17) is 17.2 Å². The van der Waals surface area contributed by atoms with E-state index in [0.29, 0.717) is 0 Å². The van der Waals surface area contributed by atoms with Crippen LogP contribution in [0.5, 0.6) is 0 Å². The molecule has 0 aromatic carbocycles. The van der Waals surface area contributed by atoms with Crippen LogP contribution in [0.4, 0.5) is 39.5 Å². The minimum absolute atomic E-state index is 0.0714. The number of alkyl halides is 9. The van der Waals surface area contributed by atoms with Crippen molar-refractivity contribution in [2.45, 2.75) is 55.7 Å². The monoisotopic (exact) mass is 747 g/mol. The quantitative estimate of drug-likeness (QED) is 0.0504. The molecule has 0 radical (unpaired) electrons. The van der Waals surface area contributed by atoms with Crippen LogP contribution in [-0.4, -0.2) is 94.4 Å². The average molecular weight is 747 g/mol. The fraction of sp³-hybridized carbons (Fsp3) is 0.409. The standard InChI is InChI=1S/C22H18F9N5O14/c1-17(33,46-14(42)20(23,24)25)11(39)48-19(34,13(41)49-50-16(44)22(29,30)31)8(9(32)37)45-12(40)18(2,47-15(43)21(26,27)28)36-10(38)7-3-5-35-6-4-7/h3-6,8H,33-34H2,1-2H3,(H2,32,37)(H,36,38)/t8?,17-,18-,19-/m1/s1. The third kappa shape index (κ3) is 10.9. The average Bonchev–Trinajstić information content (AvgIpc) is 2.96. The number of nitrogens with zero attached hydrogens (tertiary/aromatic N) is 1. The van der Waals surface area contributed by atoms with Crippen molar-refractivity contribution < 1.29 is 107 Å². The summed E-state index contributed by atoms with van der Waals surface area (Å²) in [6.45, 7) is 0.194. The van der Waals surface area contributed by atoms with E-state index in [9.17, 15) is 77.9 Å². The molecule has 1 rings (SSSR count). The summed E-state index contributed by atoms with van der Waals surface area (Å²) in [5.74, 6) is -22.2. The molecule has 0 fully saturated rings. The van der Waals surface area contributed by atoms with Gasteiger partial charge in [0, 0.05) is 31.8 Å². The number of esters is 4. The van der Waals surface area contributed by atoms with Gasteiger partial charge in [-0.3, -0.25) is 26.0 Å². The molecule has 4 atom stereocenters. The zero-order valence-electron chi connectivity index (χ0n) is 24.2. The second-order valence-electron chi connectivity index (χ2n) is 9.21. The number of primary amides is 1. The van der Waals surface area contributed by atoms with Gasteiger partial charge in [-0.1, -0.05) is 0 Å². The number of rotatable bonds is 11. The van der Waals surface area contributed by atoms with Crippen LogP contribution in [0.2, 0.25) is 0 Å². The fourth-order valence-corrected chi connectivity index (χ4v) is 2.67. The number of halogens is 9. The molecule has 1 heterocycles. The molecule has 1 unspecified atom stereocenters. The lowest BCUT2D eigenvalue weighted by molar-refractivity contribution is -0.298. The second kappa shape index (κ2) is 14.8. The molecule has 0 saturated carbocycles. The Morgan fingerprint density at radius 2 is 1.10 bits per heavy atom. The Morgan fingerprint density at radius 1 is 0.660 bits per heavy atom. The van der Waals surface area contributed by atoms with E-state index in [0.717, 1.165) is 24.5 Å². The van der Waals surface area contributed by atoms with Gasteiger partial charge < -0.3 is 30.0 Å². The van der Waals surface area contributed by atoms with E-state index in [1.165, 1.54) is 5.32 Å². The molecule has 278 valence electrons. The Morgan fingerprint density at radius 3 is 1.54 bits per heavy atom. The molecule has 19 nitrogen and oxygen atoms in total. The third-order valence-corrected chi connectivity index (χ3v) is 5.03. The lowest BCUT2D eigenvalue weighted by Crippen LogP contribution is -2.69. The topological polar surface area (TPSA) is 295 Å². The van der Waals surface area contributed by atoms with Gasteiger partial charge in [-0.2, -0.15) is 39.5 Å². The van der Waals surface area contributed by atoms with E-state index in [1.54, 1.807) is 0 Å². The van der Waals surface area contributed by atoms with Gasteiger partial charge in [0.25, 0.3) is 23.3 Å². The largest absolute Gasteiger partial charge is 0.495 e. The maximum atomic E-state index is 13.1. The highest BCUT2D eigenvalue weighted by molar-refractivity contribution is 5.99. The number of pyridine rings is 1. The van der Waals surface area contributed by atoms with Crippen LogP contribution >= 0.6 is 0 Å². The van der Waals surface area contributed by atoms with E-state index < -0.39 is 95.0 Å². The van der Waals surface area contributed by atoms with E-state index in [-0.39, 0.29) is 13.8 Å². The van der Waals surface area contributed by atoms with Crippen LogP contribution in [0.1, 0.15) is 24.2 Å². The van der Waals surface area contributed by atoms with Gasteiger partial charge in [-0.15, -0.1) is 0 Å². The number of nitrogens with one attached hydrogen (secondary N) is 1. The number of hydrogen-bond donors (Lipinski definition) is 4. The van der Waals surface area contributed by atoms with Gasteiger partial charge in [-0.25, -0.2) is 38.5 Å². The Hall–Kier alpha value is -5.80. The summed E-state index contributed by atoms with van der Waals surface area (Å²) >= 11 is 0. The minimum Gasteiger partial charge on any atom is -0.441 e. The Bertz CT molecular complexity index is 1530. The van der Waals surface area contributed by atoms with E-state index in [1.807, 2.05) is 0 Å². The highest BCUT2D eigenvalue weighted by Gasteiger charge is 2.60. The smallest absolute Gasteiger partial charge is 0.441 e. The van der Waals surface area contributed by atoms with Gasteiger partial charge in [0.1, 0.15) is 0 Å². The molecule has 0 spiro atoms. The first-order valence-electron chi connectivity index (χ1n) is 12.0. The maximum absolute atomic E-state index is 13.1. The molecule has 0 aliphatic rings. The molecule has 2 amide bonds. The van der Waals surface area contributed by atoms with Crippen LogP contribution in [0.15, 0.2) is 24.5 Å². The van der Waals surface area contributed by atoms with Crippen molar-refractivity contribution in [3.05, 3.63) is 30.1 Å². The zero-order valence-corrected chi connectivity index (χ0v) is 24.2. The molecule has 1 aromatic rings. The molecule has 1 aromatic heterocycles. The molecule has 7 N–H and O–H groups in total. The Balaban J connectivity index is 3.75. The van der Waals surface area contributed by atoms with Gasteiger partial charge in [0.2, 0.25) is 6.10 Å². The summed E-state index contributed by atoms with van der Waals surface area (Å²) in [6.07, 6.45) is -19.6. The highest BCUT2D eigenvalue weighted by Crippen LogP contribution is 2.27. The van der Waals surface area contributed by atoms with Crippen molar-refractivity contribution in [1.29, 1.82) is 0 Å². The van der Waals surface area contributed by atoms with Crippen molar-refractivity contribution in [3.8, 4) is 0 Å². The number of nitrogens with two attached hydrogens (primary N) is 3. The molecular formula is C22H18F9N5O14. The maximum Gasteiger partial charge on any atom is 0.495 e. The third-order valence-electron chi connectivity index (χ3n) is 5.03. The first kappa shape index (κ1) is 42.2. The van der Waals surface area contributed by atoms with Crippen LogP contribution in [0.3, 0.4) is 0 Å². The lowest BCUT2D eigenvalue weighted by atomic mass is 10.1. The first-order valence-corrected chi connectivity index (χ1v) is 12.0. The van der Waals surface area contributed by atoms with Crippen LogP contribution in [0.25, 0.3) is 0 Å². The van der Waals surface area contributed by atoms with Gasteiger partial charge in [-0.05, 0) is 12.1 Å². The van der Waals surface area contributed by atoms with Crippen molar-refractivity contribution in [2.75, 3.05) is 0 Å². The molecule has 50 heavy (non-hydrogen) atoms. The van der Waals surface area contributed by atoms with E-state index >= 15 is 0 Å². The first-order chi connectivity index (χ1) is 22.4. The van der Waals surface area contributed by atoms with Gasteiger partial charge in [0.15, 0.2) is 0 Å². The van der Waals surface area contributed by atoms with Crippen molar-refractivity contribution in [2.24, 2.45) is 17.2 Å². The molecule has 0 aliphatic heterocycles. The summed E-state index contributed by atoms with van der Waals surface area (Å²) in [5.41, 5.74) is 2.82. The van der Waals surface area contributed by atoms with Gasteiger partial charge in [0.05, 0.1) is 0 Å². The summed E-state index contributed by atoms with van der Waals surface area (Å²) in [7, 11) is 0. The van der Waals surface area contributed by atoms with Crippen LogP contribution in [-0.2, 0) is 62.3 Å². The number of ether oxygens (including phenoxy) is 4. The number of amides is 2. The zero-order chi connectivity index (χ0) is 39.3. The predicted molar refractivity (Wildman–Crippen MR) is 127 cm³/mol. The number of carbonyl (C=O) groups excluding carboxylic acids is 8. The van der Waals surface area contributed by atoms with Crippen molar-refractivity contribution in [1.82, 2.24) is 10.3 Å². The summed E-state index contributed by atoms with van der Waals surface area (Å²) in [6, 6.07) is 1.74. The SMILES string of the molecule is C[C@@](N)(OC(=O)C(F)(F)F)C(=O)O[C@@](N)(C(=O)OOC(=O)C(F)(F)F)C(OC(=O)[C@](C)(NC(=O)c1ccncc1)OC(=O)C(F)(F)F)C(N)=O. The van der Waals surface area contributed by atoms with Gasteiger partial charge >= 0.3 is 60.1 Å². The normalized spacial score (nSPS) is 16.0. The van der Waals surface area contributed by atoms with Crippen LogP contribution < -0.4 is 22.5 Å². The van der Waals surface area contributed by atoms with Crippen molar-refractivity contribution in [3.63, 3.8) is 0 Å². The fourth-order valence-electron chi connectivity index (χ4n) is 2.67. The predicted octanol–water partition coefficient (Wildman–Crippen LogP) is -1.43.